The molecule has 2 aromatic rings. The van der Waals surface area contributed by atoms with Crippen LogP contribution in [0.15, 0.2) is 30.6 Å². The van der Waals surface area contributed by atoms with Crippen molar-refractivity contribution in [2.45, 2.75) is 18.8 Å². The van der Waals surface area contributed by atoms with Gasteiger partial charge in [0.15, 0.2) is 0 Å². The Morgan fingerprint density at radius 2 is 2.41 bits per heavy atom. The number of anilines is 1. The summed E-state index contributed by atoms with van der Waals surface area (Å²) in [6.07, 6.45) is 3.47. The Balaban J connectivity index is 1.64. The van der Waals surface area contributed by atoms with Crippen molar-refractivity contribution in [2.24, 2.45) is 0 Å². The van der Waals surface area contributed by atoms with Gasteiger partial charge in [-0.3, -0.25) is 5.10 Å². The molecule has 1 saturated heterocycles. The fourth-order valence-corrected chi connectivity index (χ4v) is 2.70. The smallest absolute Gasteiger partial charge is 0.321 e. The lowest BCUT2D eigenvalue weighted by atomic mass is 9.98. The number of hydrogen-bond acceptors (Lipinski definition) is 4. The van der Waals surface area contributed by atoms with Crippen LogP contribution in [0.3, 0.4) is 0 Å². The quantitative estimate of drug-likeness (QED) is 0.910. The number of methoxy groups -OCH3 is 1. The van der Waals surface area contributed by atoms with Gasteiger partial charge in [0.1, 0.15) is 17.9 Å². The van der Waals surface area contributed by atoms with Crippen molar-refractivity contribution in [1.29, 1.82) is 0 Å². The van der Waals surface area contributed by atoms with Crippen LogP contribution in [0.25, 0.3) is 0 Å². The molecule has 1 fully saturated rings. The first kappa shape index (κ1) is 14.4. The van der Waals surface area contributed by atoms with Gasteiger partial charge in [-0.05, 0) is 25.0 Å². The molecule has 1 atom stereocenters. The molecular formula is C15H19N5O2. The van der Waals surface area contributed by atoms with E-state index < -0.39 is 0 Å². The molecule has 0 spiro atoms. The summed E-state index contributed by atoms with van der Waals surface area (Å²) in [6.45, 7) is 1.39. The minimum absolute atomic E-state index is 0.0996. The second-order valence-electron chi connectivity index (χ2n) is 5.32. The standard InChI is InChI=1S/C15H19N5O2/c1-22-13-6-2-5-12(8-13)18-15(21)20-7-3-4-11(9-20)14-16-10-17-19-14/h2,5-6,8,10-11H,3-4,7,9H2,1H3,(H,18,21)(H,16,17,19)/t11-/m1/s1. The van der Waals surface area contributed by atoms with Gasteiger partial charge in [0.2, 0.25) is 0 Å². The molecule has 7 nitrogen and oxygen atoms in total. The molecule has 0 bridgehead atoms. The van der Waals surface area contributed by atoms with E-state index in [9.17, 15) is 4.79 Å². The molecular weight excluding hydrogens is 282 g/mol. The highest BCUT2D eigenvalue weighted by atomic mass is 16.5. The fourth-order valence-electron chi connectivity index (χ4n) is 2.70. The number of aromatic nitrogens is 3. The number of aromatic amines is 1. The van der Waals surface area contributed by atoms with Crippen LogP contribution >= 0.6 is 0 Å². The van der Waals surface area contributed by atoms with Crippen molar-refractivity contribution in [2.75, 3.05) is 25.5 Å². The zero-order chi connectivity index (χ0) is 15.4. The maximum absolute atomic E-state index is 12.4. The lowest BCUT2D eigenvalue weighted by molar-refractivity contribution is 0.191. The largest absolute Gasteiger partial charge is 0.497 e. The topological polar surface area (TPSA) is 83.1 Å². The van der Waals surface area contributed by atoms with Gasteiger partial charge in [-0.25, -0.2) is 9.78 Å². The number of nitrogens with one attached hydrogen (secondary N) is 2. The molecule has 2 amide bonds. The molecule has 0 radical (unpaired) electrons. The van der Waals surface area contributed by atoms with Crippen molar-refractivity contribution in [1.82, 2.24) is 20.1 Å². The van der Waals surface area contributed by atoms with Crippen LogP contribution < -0.4 is 10.1 Å². The molecule has 3 rings (SSSR count). The van der Waals surface area contributed by atoms with Crippen molar-refractivity contribution in [3.63, 3.8) is 0 Å². The van der Waals surface area contributed by atoms with E-state index in [1.54, 1.807) is 13.2 Å². The number of ether oxygens (including phenoxy) is 1. The molecule has 1 aromatic heterocycles. The van der Waals surface area contributed by atoms with E-state index in [2.05, 4.69) is 20.5 Å². The second kappa shape index (κ2) is 6.46. The third-order valence-corrected chi connectivity index (χ3v) is 3.85. The summed E-state index contributed by atoms with van der Waals surface area (Å²) in [5.74, 6) is 1.78. The first-order valence-electron chi connectivity index (χ1n) is 7.31. The first-order chi connectivity index (χ1) is 10.8. The molecule has 1 aromatic carbocycles. The van der Waals surface area contributed by atoms with Gasteiger partial charge < -0.3 is 15.0 Å². The summed E-state index contributed by atoms with van der Waals surface area (Å²) in [5.41, 5.74) is 0.728. The average Bonchev–Trinajstić information content (AvgIpc) is 3.09. The summed E-state index contributed by atoms with van der Waals surface area (Å²) in [4.78, 5) is 18.4. The van der Waals surface area contributed by atoms with Gasteiger partial charge in [-0.1, -0.05) is 6.07 Å². The molecule has 1 aliphatic rings. The van der Waals surface area contributed by atoms with Crippen molar-refractivity contribution >= 4 is 11.7 Å². The highest BCUT2D eigenvalue weighted by molar-refractivity contribution is 5.89. The van der Waals surface area contributed by atoms with Crippen molar-refractivity contribution in [3.8, 4) is 5.75 Å². The number of piperidine rings is 1. The molecule has 1 aliphatic heterocycles. The van der Waals surface area contributed by atoms with Crippen LogP contribution in [0.2, 0.25) is 0 Å². The van der Waals surface area contributed by atoms with E-state index in [0.29, 0.717) is 6.54 Å². The fraction of sp³-hybridized carbons (Fsp3) is 0.400. The highest BCUT2D eigenvalue weighted by Crippen LogP contribution is 2.25. The zero-order valence-corrected chi connectivity index (χ0v) is 12.5. The minimum atomic E-state index is -0.0996. The van der Waals surface area contributed by atoms with Crippen molar-refractivity contribution in [3.05, 3.63) is 36.4 Å². The second-order valence-corrected chi connectivity index (χ2v) is 5.32. The maximum atomic E-state index is 12.4. The van der Waals surface area contributed by atoms with Crippen molar-refractivity contribution < 1.29 is 9.53 Å². The Morgan fingerprint density at radius 3 is 3.18 bits per heavy atom. The van der Waals surface area contributed by atoms with Crippen LogP contribution in [-0.4, -0.2) is 46.3 Å². The van der Waals surface area contributed by atoms with Crippen LogP contribution in [-0.2, 0) is 0 Å². The average molecular weight is 301 g/mol. The summed E-state index contributed by atoms with van der Waals surface area (Å²) < 4.78 is 5.16. The van der Waals surface area contributed by atoms with E-state index >= 15 is 0 Å². The van der Waals surface area contributed by atoms with Gasteiger partial charge in [-0.2, -0.15) is 5.10 Å². The number of H-pyrrole nitrogens is 1. The Morgan fingerprint density at radius 1 is 1.50 bits per heavy atom. The number of urea groups is 1. The third-order valence-electron chi connectivity index (χ3n) is 3.85. The normalized spacial score (nSPS) is 18.0. The monoisotopic (exact) mass is 301 g/mol. The highest BCUT2D eigenvalue weighted by Gasteiger charge is 2.26. The first-order valence-corrected chi connectivity index (χ1v) is 7.31. The van der Waals surface area contributed by atoms with Crippen LogP contribution in [0, 0.1) is 0 Å². The van der Waals surface area contributed by atoms with Crippen LogP contribution in [0.5, 0.6) is 5.75 Å². The number of amides is 2. The van der Waals surface area contributed by atoms with Crippen LogP contribution in [0.1, 0.15) is 24.6 Å². The summed E-state index contributed by atoms with van der Waals surface area (Å²) in [5, 5.41) is 9.69. The number of likely N-dealkylation sites (tertiary alicyclic amines) is 1. The molecule has 0 unspecified atom stereocenters. The Kier molecular flexibility index (Phi) is 4.22. The zero-order valence-electron chi connectivity index (χ0n) is 12.5. The molecule has 7 heteroatoms. The van der Waals surface area contributed by atoms with E-state index in [1.165, 1.54) is 6.33 Å². The molecule has 116 valence electrons. The van der Waals surface area contributed by atoms with Gasteiger partial charge in [0.05, 0.1) is 7.11 Å². The Hall–Kier alpha value is -2.57. The predicted octanol–water partition coefficient (Wildman–Crippen LogP) is 2.22. The number of carbonyl (C=O) groups is 1. The lowest BCUT2D eigenvalue weighted by Gasteiger charge is -2.31. The Labute approximate surface area is 128 Å². The number of carbonyl (C=O) groups excluding carboxylic acids is 1. The molecule has 0 saturated carbocycles. The summed E-state index contributed by atoms with van der Waals surface area (Å²) in [7, 11) is 1.60. The number of hydrogen-bond donors (Lipinski definition) is 2. The SMILES string of the molecule is COc1cccc(NC(=O)N2CCC[C@@H](c3ncn[nH]3)C2)c1. The summed E-state index contributed by atoms with van der Waals surface area (Å²) >= 11 is 0. The minimum Gasteiger partial charge on any atom is -0.497 e. The third kappa shape index (κ3) is 3.19. The molecule has 2 heterocycles. The maximum Gasteiger partial charge on any atom is 0.321 e. The number of rotatable bonds is 3. The van der Waals surface area contributed by atoms with E-state index in [4.69, 9.17) is 4.74 Å². The van der Waals surface area contributed by atoms with Crippen LogP contribution in [0.4, 0.5) is 10.5 Å². The van der Waals surface area contributed by atoms with Gasteiger partial charge >= 0.3 is 6.03 Å². The Bertz CT molecular complexity index is 629. The predicted molar refractivity (Wildman–Crippen MR) is 81.9 cm³/mol. The van der Waals surface area contributed by atoms with Gasteiger partial charge in [-0.15, -0.1) is 0 Å². The molecule has 0 aliphatic carbocycles. The van der Waals surface area contributed by atoms with E-state index in [1.807, 2.05) is 23.1 Å². The number of benzene rings is 1. The number of nitrogens with zero attached hydrogens (tertiary/aromatic N) is 3. The molecule has 22 heavy (non-hydrogen) atoms. The lowest BCUT2D eigenvalue weighted by Crippen LogP contribution is -2.41. The van der Waals surface area contributed by atoms with E-state index in [0.717, 1.165) is 36.6 Å². The summed E-state index contributed by atoms with van der Waals surface area (Å²) in [6, 6.07) is 7.24. The van der Waals surface area contributed by atoms with Gasteiger partial charge in [0.25, 0.3) is 0 Å². The molecule has 2 N–H and O–H groups in total. The van der Waals surface area contributed by atoms with E-state index in [-0.39, 0.29) is 11.9 Å². The van der Waals surface area contributed by atoms with Gasteiger partial charge in [0, 0.05) is 30.8 Å².